The molecule has 0 aliphatic carbocycles. The Morgan fingerprint density at radius 1 is 1.67 bits per heavy atom. The second-order valence-corrected chi connectivity index (χ2v) is 5.99. The normalized spacial score (nSPS) is 20.4. The van der Waals surface area contributed by atoms with E-state index in [0.29, 0.717) is 18.4 Å². The summed E-state index contributed by atoms with van der Waals surface area (Å²) < 4.78 is 0. The number of thiazole rings is 1. The van der Waals surface area contributed by atoms with Gasteiger partial charge in [-0.15, -0.1) is 11.3 Å². The highest BCUT2D eigenvalue weighted by Crippen LogP contribution is 2.30. The van der Waals surface area contributed by atoms with Crippen molar-refractivity contribution >= 4 is 17.2 Å². The molecule has 0 aromatic carbocycles. The van der Waals surface area contributed by atoms with E-state index in [1.54, 1.807) is 16.2 Å². The Hall–Kier alpha value is -0.940. The summed E-state index contributed by atoms with van der Waals surface area (Å²) >= 11 is 1.69. The third-order valence-corrected chi connectivity index (χ3v) is 4.42. The van der Waals surface area contributed by atoms with Gasteiger partial charge in [-0.1, -0.05) is 13.8 Å². The zero-order valence-corrected chi connectivity index (χ0v) is 11.7. The average molecular weight is 268 g/mol. The molecule has 1 aliphatic heterocycles. The van der Waals surface area contributed by atoms with E-state index in [1.807, 2.05) is 0 Å². The minimum Gasteiger partial charge on any atom is -0.387 e. The number of carbonyl (C=O) groups is 1. The fraction of sp³-hybridized carbons (Fsp3) is 0.692. The van der Waals surface area contributed by atoms with E-state index in [4.69, 9.17) is 5.11 Å². The first-order chi connectivity index (χ1) is 8.61. The monoisotopic (exact) mass is 268 g/mol. The maximum Gasteiger partial charge on any atom is 0.248 e. The number of piperidine rings is 1. The molecule has 1 aromatic rings. The number of hydrogen-bond donors (Lipinski definition) is 1. The van der Waals surface area contributed by atoms with Gasteiger partial charge in [-0.2, -0.15) is 0 Å². The van der Waals surface area contributed by atoms with E-state index in [0.717, 1.165) is 30.1 Å². The van der Waals surface area contributed by atoms with Crippen molar-refractivity contribution in [2.75, 3.05) is 19.7 Å². The van der Waals surface area contributed by atoms with Crippen molar-refractivity contribution in [3.63, 3.8) is 0 Å². The van der Waals surface area contributed by atoms with Gasteiger partial charge in [0.15, 0.2) is 0 Å². The molecule has 0 radical (unpaired) electrons. The number of hydrogen-bond acceptors (Lipinski definition) is 4. The van der Waals surface area contributed by atoms with Crippen molar-refractivity contribution < 1.29 is 9.90 Å². The van der Waals surface area contributed by atoms with Crippen LogP contribution < -0.4 is 0 Å². The summed E-state index contributed by atoms with van der Waals surface area (Å²) in [5.74, 6) is 0.626. The van der Waals surface area contributed by atoms with Gasteiger partial charge >= 0.3 is 0 Å². The summed E-state index contributed by atoms with van der Waals surface area (Å²) in [6.45, 7) is 5.35. The van der Waals surface area contributed by atoms with Crippen LogP contribution in [-0.4, -0.2) is 40.6 Å². The molecule has 1 N–H and O–H groups in total. The second-order valence-electron chi connectivity index (χ2n) is 5.10. The highest BCUT2D eigenvalue weighted by molar-refractivity contribution is 7.09. The van der Waals surface area contributed by atoms with Crippen LogP contribution in [0.15, 0.2) is 5.38 Å². The molecule has 1 aromatic heterocycles. The first-order valence-electron chi connectivity index (χ1n) is 6.45. The molecule has 0 saturated carbocycles. The molecular weight excluding hydrogens is 248 g/mol. The third-order valence-electron chi connectivity index (χ3n) is 3.39. The number of carbonyl (C=O) groups excluding carboxylic acids is 1. The van der Waals surface area contributed by atoms with Crippen molar-refractivity contribution in [3.8, 4) is 0 Å². The number of nitrogens with zero attached hydrogens (tertiary/aromatic N) is 2. The van der Waals surface area contributed by atoms with Gasteiger partial charge in [0.2, 0.25) is 5.91 Å². The molecule has 0 bridgehead atoms. The van der Waals surface area contributed by atoms with E-state index in [1.165, 1.54) is 0 Å². The van der Waals surface area contributed by atoms with Crippen LogP contribution in [0.1, 0.15) is 49.2 Å². The molecule has 5 heteroatoms. The zero-order chi connectivity index (χ0) is 13.1. The van der Waals surface area contributed by atoms with Crippen molar-refractivity contribution in [2.45, 2.75) is 38.5 Å². The molecule has 4 nitrogen and oxygen atoms in total. The Balaban J connectivity index is 2.05. The average Bonchev–Trinajstić information content (AvgIpc) is 2.88. The first-order valence-corrected chi connectivity index (χ1v) is 7.33. The number of likely N-dealkylation sites (tertiary alicyclic amines) is 1. The molecule has 1 saturated heterocycles. The highest BCUT2D eigenvalue weighted by Gasteiger charge is 2.26. The minimum atomic E-state index is -0.387. The predicted octanol–water partition coefficient (Wildman–Crippen LogP) is 1.96. The van der Waals surface area contributed by atoms with Gasteiger partial charge in [-0.25, -0.2) is 4.98 Å². The summed E-state index contributed by atoms with van der Waals surface area (Å²) in [6, 6.07) is 0. The smallest absolute Gasteiger partial charge is 0.248 e. The van der Waals surface area contributed by atoms with Gasteiger partial charge in [0.1, 0.15) is 6.61 Å². The van der Waals surface area contributed by atoms with Crippen LogP contribution in [0, 0.1) is 0 Å². The lowest BCUT2D eigenvalue weighted by Gasteiger charge is -2.31. The highest BCUT2D eigenvalue weighted by atomic mass is 32.1. The Labute approximate surface area is 112 Å². The SMILES string of the molecule is CC(C)c1csc(C2CCCN(C(=O)CO)C2)n1. The molecule has 1 aliphatic rings. The van der Waals surface area contributed by atoms with Crippen molar-refractivity contribution in [1.29, 1.82) is 0 Å². The molecule has 2 heterocycles. The fourth-order valence-electron chi connectivity index (χ4n) is 2.26. The maximum absolute atomic E-state index is 11.5. The van der Waals surface area contributed by atoms with Crippen molar-refractivity contribution in [3.05, 3.63) is 16.1 Å². The number of rotatable bonds is 3. The molecule has 0 spiro atoms. The standard InChI is InChI=1S/C13H20N2O2S/c1-9(2)11-8-18-13(14-11)10-4-3-5-15(6-10)12(17)7-16/h8-10,16H,3-7H2,1-2H3. The van der Waals surface area contributed by atoms with Crippen LogP contribution in [-0.2, 0) is 4.79 Å². The van der Waals surface area contributed by atoms with Gasteiger partial charge in [0.25, 0.3) is 0 Å². The largest absolute Gasteiger partial charge is 0.387 e. The molecule has 1 amide bonds. The van der Waals surface area contributed by atoms with Crippen LogP contribution in [0.2, 0.25) is 0 Å². The van der Waals surface area contributed by atoms with Crippen molar-refractivity contribution in [2.24, 2.45) is 0 Å². The van der Waals surface area contributed by atoms with Gasteiger partial charge < -0.3 is 10.0 Å². The van der Waals surface area contributed by atoms with E-state index >= 15 is 0 Å². The van der Waals surface area contributed by atoms with E-state index < -0.39 is 0 Å². The molecular formula is C13H20N2O2S. The Bertz CT molecular complexity index is 417. The maximum atomic E-state index is 11.5. The summed E-state index contributed by atoms with van der Waals surface area (Å²) in [7, 11) is 0. The number of aromatic nitrogens is 1. The van der Waals surface area contributed by atoms with E-state index in [9.17, 15) is 4.79 Å². The summed E-state index contributed by atoms with van der Waals surface area (Å²) in [5, 5.41) is 12.2. The van der Waals surface area contributed by atoms with Crippen molar-refractivity contribution in [1.82, 2.24) is 9.88 Å². The van der Waals surface area contributed by atoms with Crippen LogP contribution in [0.3, 0.4) is 0 Å². The van der Waals surface area contributed by atoms with Gasteiger partial charge in [0.05, 0.1) is 10.7 Å². The van der Waals surface area contributed by atoms with Crippen LogP contribution >= 0.6 is 11.3 Å². The first kappa shape index (κ1) is 13.5. The van der Waals surface area contributed by atoms with Gasteiger partial charge in [-0.05, 0) is 18.8 Å². The number of amides is 1. The topological polar surface area (TPSA) is 53.4 Å². The van der Waals surface area contributed by atoms with Crippen LogP contribution in [0.5, 0.6) is 0 Å². The quantitative estimate of drug-likeness (QED) is 0.912. The summed E-state index contributed by atoms with van der Waals surface area (Å²) in [5.41, 5.74) is 1.14. The molecule has 1 unspecified atom stereocenters. The lowest BCUT2D eigenvalue weighted by Crippen LogP contribution is -2.40. The predicted molar refractivity (Wildman–Crippen MR) is 71.8 cm³/mol. The molecule has 100 valence electrons. The summed E-state index contributed by atoms with van der Waals surface area (Å²) in [4.78, 5) is 17.9. The zero-order valence-electron chi connectivity index (χ0n) is 10.9. The number of aliphatic hydroxyl groups is 1. The lowest BCUT2D eigenvalue weighted by atomic mass is 9.98. The third kappa shape index (κ3) is 2.90. The Morgan fingerprint density at radius 2 is 2.44 bits per heavy atom. The minimum absolute atomic E-state index is 0.166. The molecule has 1 atom stereocenters. The molecule has 2 rings (SSSR count). The number of aliphatic hydroxyl groups excluding tert-OH is 1. The van der Waals surface area contributed by atoms with Gasteiger partial charge in [0, 0.05) is 24.4 Å². The summed E-state index contributed by atoms with van der Waals surface area (Å²) in [6.07, 6.45) is 2.08. The second kappa shape index (κ2) is 5.80. The Morgan fingerprint density at radius 3 is 3.06 bits per heavy atom. The molecule has 18 heavy (non-hydrogen) atoms. The van der Waals surface area contributed by atoms with Gasteiger partial charge in [-0.3, -0.25) is 4.79 Å². The Kier molecular flexibility index (Phi) is 4.35. The van der Waals surface area contributed by atoms with E-state index in [2.05, 4.69) is 24.2 Å². The van der Waals surface area contributed by atoms with E-state index in [-0.39, 0.29) is 12.5 Å². The fourth-order valence-corrected chi connectivity index (χ4v) is 3.37. The lowest BCUT2D eigenvalue weighted by molar-refractivity contribution is -0.135. The van der Waals surface area contributed by atoms with Crippen LogP contribution in [0.4, 0.5) is 0 Å². The molecule has 1 fully saturated rings. The van der Waals surface area contributed by atoms with Crippen LogP contribution in [0.25, 0.3) is 0 Å².